The third kappa shape index (κ3) is 5.81. The Bertz CT molecular complexity index is 4120. The molecule has 0 radical (unpaired) electrons. The summed E-state index contributed by atoms with van der Waals surface area (Å²) in [5.41, 5.74) is 14.1. The van der Waals surface area contributed by atoms with Gasteiger partial charge >= 0.3 is 0 Å². The second kappa shape index (κ2) is 14.3. The predicted octanol–water partition coefficient (Wildman–Crippen LogP) is 18.4. The Kier molecular flexibility index (Phi) is 8.06. The van der Waals surface area contributed by atoms with Gasteiger partial charge < -0.3 is 4.42 Å². The first kappa shape index (κ1) is 36.6. The van der Waals surface area contributed by atoms with Crippen LogP contribution < -0.4 is 0 Å². The molecule has 0 bridgehead atoms. The monoisotopic (exact) mass is 861 g/mol. The van der Waals surface area contributed by atoms with Crippen LogP contribution in [-0.2, 0) is 0 Å². The lowest BCUT2D eigenvalue weighted by Crippen LogP contribution is -1.93. The molecule has 302 valence electrons. The molecule has 0 saturated heterocycles. The SMILES string of the molecule is c1ccc(-c2c3c(cc4c(-c5cccc(-c6cc(-c7ccc8c(c7)sc7ccccc78)cc(-c7ccc8c(c7)sc7ccccc78)c6)c5)nc5ccccc5c24)oc2ccccc23)cc1. The first-order valence-corrected chi connectivity index (χ1v) is 23.6. The molecular weight excluding hydrogens is 827 g/mol. The summed E-state index contributed by atoms with van der Waals surface area (Å²) >= 11 is 3.73. The number of hydrogen-bond donors (Lipinski definition) is 0. The van der Waals surface area contributed by atoms with Crippen molar-refractivity contribution in [2.24, 2.45) is 0 Å². The fraction of sp³-hybridized carbons (Fsp3) is 0. The Morgan fingerprint density at radius 2 is 0.800 bits per heavy atom. The molecule has 0 fully saturated rings. The van der Waals surface area contributed by atoms with Gasteiger partial charge in [-0.3, -0.25) is 0 Å². The van der Waals surface area contributed by atoms with Gasteiger partial charge in [-0.2, -0.15) is 0 Å². The fourth-order valence-corrected chi connectivity index (χ4v) is 12.5. The van der Waals surface area contributed by atoms with Crippen molar-refractivity contribution < 1.29 is 4.42 Å². The highest BCUT2D eigenvalue weighted by molar-refractivity contribution is 7.26. The maximum absolute atomic E-state index is 6.69. The first-order chi connectivity index (χ1) is 32.2. The maximum atomic E-state index is 6.69. The van der Waals surface area contributed by atoms with E-state index in [4.69, 9.17) is 9.40 Å². The lowest BCUT2D eigenvalue weighted by molar-refractivity contribution is 0.669. The van der Waals surface area contributed by atoms with Gasteiger partial charge in [-0.25, -0.2) is 4.98 Å². The molecule has 14 aromatic rings. The largest absolute Gasteiger partial charge is 0.456 e. The molecule has 0 atom stereocenters. The van der Waals surface area contributed by atoms with Crippen LogP contribution in [0.5, 0.6) is 0 Å². The van der Waals surface area contributed by atoms with E-state index in [0.717, 1.165) is 66.2 Å². The van der Waals surface area contributed by atoms with Gasteiger partial charge in [-0.05, 0) is 106 Å². The molecule has 0 aliphatic carbocycles. The number of nitrogens with zero attached hydrogens (tertiary/aromatic N) is 1. The quantitative estimate of drug-likeness (QED) is 0.161. The molecule has 2 nitrogen and oxygen atoms in total. The van der Waals surface area contributed by atoms with Crippen LogP contribution in [0, 0.1) is 0 Å². The zero-order valence-electron chi connectivity index (χ0n) is 34.9. The lowest BCUT2D eigenvalue weighted by Gasteiger charge is -2.16. The van der Waals surface area contributed by atoms with Crippen molar-refractivity contribution in [3.05, 3.63) is 212 Å². The highest BCUT2D eigenvalue weighted by Gasteiger charge is 2.22. The molecule has 0 amide bonds. The number of pyridine rings is 1. The van der Waals surface area contributed by atoms with Gasteiger partial charge in [0.05, 0.1) is 11.2 Å². The van der Waals surface area contributed by atoms with E-state index in [9.17, 15) is 0 Å². The summed E-state index contributed by atoms with van der Waals surface area (Å²) in [4.78, 5) is 5.49. The van der Waals surface area contributed by atoms with Crippen molar-refractivity contribution in [1.82, 2.24) is 4.98 Å². The fourth-order valence-electron chi connectivity index (χ4n) is 10.2. The number of thiophene rings is 2. The topological polar surface area (TPSA) is 26.0 Å². The average Bonchev–Trinajstić information content (AvgIpc) is 4.06. The second-order valence-corrected chi connectivity index (χ2v) is 19.2. The minimum Gasteiger partial charge on any atom is -0.456 e. The van der Waals surface area contributed by atoms with Crippen molar-refractivity contribution in [3.63, 3.8) is 0 Å². The molecule has 0 aliphatic rings. The highest BCUT2D eigenvalue weighted by atomic mass is 32.1. The first-order valence-electron chi connectivity index (χ1n) is 22.0. The minimum atomic E-state index is 0.857. The van der Waals surface area contributed by atoms with E-state index in [1.54, 1.807) is 0 Å². The standard InChI is InChI=1S/C61H35NOS2/c1-2-13-36(14-3-1)58-59-48-19-4-8-21-51(48)62-61(50(59)35-53-60(58)49-20-5-9-22-52(49)63-53)40-16-12-15-37(29-40)41-30-42(38-25-27-46-44-17-6-10-23-54(44)64-56(46)33-38)32-43(31-41)39-26-28-47-45-18-7-11-24-55(45)65-57(47)34-39/h1-35H. The van der Waals surface area contributed by atoms with Crippen LogP contribution in [0.1, 0.15) is 0 Å². The molecule has 0 saturated carbocycles. The molecule has 10 aromatic carbocycles. The number of furan rings is 1. The normalized spacial score (nSPS) is 12.0. The molecule has 0 N–H and O–H groups in total. The smallest absolute Gasteiger partial charge is 0.136 e. The zero-order chi connectivity index (χ0) is 42.6. The van der Waals surface area contributed by atoms with Gasteiger partial charge in [0.1, 0.15) is 11.2 Å². The van der Waals surface area contributed by atoms with E-state index >= 15 is 0 Å². The Morgan fingerprint density at radius 3 is 1.48 bits per heavy atom. The van der Waals surface area contributed by atoms with Crippen molar-refractivity contribution in [2.75, 3.05) is 0 Å². The number of aromatic nitrogens is 1. The summed E-state index contributed by atoms with van der Waals surface area (Å²) in [6.07, 6.45) is 0. The van der Waals surface area contributed by atoms with E-state index in [1.165, 1.54) is 73.5 Å². The summed E-state index contributed by atoms with van der Waals surface area (Å²) in [6.45, 7) is 0. The summed E-state index contributed by atoms with van der Waals surface area (Å²) in [5.74, 6) is 0. The van der Waals surface area contributed by atoms with Crippen LogP contribution in [0.25, 0.3) is 140 Å². The highest BCUT2D eigenvalue weighted by Crippen LogP contribution is 2.47. The van der Waals surface area contributed by atoms with E-state index in [2.05, 4.69) is 206 Å². The molecule has 14 rings (SSSR count). The Labute approximate surface area is 381 Å². The molecule has 0 aliphatic heterocycles. The van der Waals surface area contributed by atoms with Crippen molar-refractivity contribution in [3.8, 4) is 55.8 Å². The van der Waals surface area contributed by atoms with Gasteiger partial charge in [0, 0.05) is 78.4 Å². The molecule has 0 unspecified atom stereocenters. The number of hydrogen-bond acceptors (Lipinski definition) is 4. The van der Waals surface area contributed by atoms with Crippen LogP contribution in [0.4, 0.5) is 0 Å². The lowest BCUT2D eigenvalue weighted by atomic mass is 9.89. The molecule has 4 heteroatoms. The van der Waals surface area contributed by atoms with E-state index in [0.29, 0.717) is 0 Å². The third-order valence-electron chi connectivity index (χ3n) is 13.2. The molecular formula is C61H35NOS2. The van der Waals surface area contributed by atoms with Gasteiger partial charge in [-0.15, -0.1) is 22.7 Å². The third-order valence-corrected chi connectivity index (χ3v) is 15.5. The van der Waals surface area contributed by atoms with Crippen LogP contribution >= 0.6 is 22.7 Å². The zero-order valence-corrected chi connectivity index (χ0v) is 36.5. The van der Waals surface area contributed by atoms with Gasteiger partial charge in [0.15, 0.2) is 0 Å². The Hall–Kier alpha value is -7.89. The van der Waals surface area contributed by atoms with Crippen molar-refractivity contribution in [2.45, 2.75) is 0 Å². The summed E-state index contributed by atoms with van der Waals surface area (Å²) in [6, 6.07) is 77.4. The van der Waals surface area contributed by atoms with Gasteiger partial charge in [0.25, 0.3) is 0 Å². The maximum Gasteiger partial charge on any atom is 0.136 e. The summed E-state index contributed by atoms with van der Waals surface area (Å²) < 4.78 is 11.9. The van der Waals surface area contributed by atoms with Crippen LogP contribution in [0.2, 0.25) is 0 Å². The molecule has 0 spiro atoms. The van der Waals surface area contributed by atoms with Crippen molar-refractivity contribution in [1.29, 1.82) is 0 Å². The predicted molar refractivity (Wildman–Crippen MR) is 279 cm³/mol. The van der Waals surface area contributed by atoms with Crippen LogP contribution in [0.3, 0.4) is 0 Å². The Morgan fingerprint density at radius 1 is 0.292 bits per heavy atom. The Balaban J connectivity index is 0.997. The average molecular weight is 862 g/mol. The number of para-hydroxylation sites is 2. The summed E-state index contributed by atoms with van der Waals surface area (Å²) in [7, 11) is 0. The summed E-state index contributed by atoms with van der Waals surface area (Å²) in [5, 5.41) is 10.8. The number of fused-ring (bicyclic) bond motifs is 12. The van der Waals surface area contributed by atoms with Crippen LogP contribution in [0.15, 0.2) is 217 Å². The second-order valence-electron chi connectivity index (χ2n) is 17.0. The number of rotatable bonds is 5. The van der Waals surface area contributed by atoms with Gasteiger partial charge in [0.2, 0.25) is 0 Å². The number of benzene rings is 10. The van der Waals surface area contributed by atoms with E-state index < -0.39 is 0 Å². The molecule has 4 heterocycles. The van der Waals surface area contributed by atoms with Crippen LogP contribution in [-0.4, -0.2) is 4.98 Å². The molecule has 65 heavy (non-hydrogen) atoms. The van der Waals surface area contributed by atoms with E-state index in [1.807, 2.05) is 28.7 Å². The minimum absolute atomic E-state index is 0.857. The molecule has 4 aromatic heterocycles. The van der Waals surface area contributed by atoms with E-state index in [-0.39, 0.29) is 0 Å². The van der Waals surface area contributed by atoms with Gasteiger partial charge in [-0.1, -0.05) is 146 Å². The van der Waals surface area contributed by atoms with Crippen molar-refractivity contribution >= 4 is 107 Å².